The van der Waals surface area contributed by atoms with Gasteiger partial charge in [-0.05, 0) is 77.9 Å². The largest absolute Gasteiger partial charge is 0.505 e. The highest BCUT2D eigenvalue weighted by molar-refractivity contribution is 7.89. The fraction of sp³-hybridized carbons (Fsp3) is 0.194. The van der Waals surface area contributed by atoms with E-state index in [1.54, 1.807) is 24.3 Å². The molecule has 0 bridgehead atoms. The molecule has 6 nitrogen and oxygen atoms in total. The van der Waals surface area contributed by atoms with Gasteiger partial charge < -0.3 is 10.4 Å². The van der Waals surface area contributed by atoms with Crippen LogP contribution >= 0.6 is 23.2 Å². The third-order valence-electron chi connectivity index (χ3n) is 7.13. The van der Waals surface area contributed by atoms with Gasteiger partial charge in [-0.25, -0.2) is 12.8 Å². The first-order chi connectivity index (χ1) is 19.6. The van der Waals surface area contributed by atoms with Crippen molar-refractivity contribution in [2.45, 2.75) is 43.3 Å². The number of phenolic OH excluding ortho intramolecular Hbond substituents is 1. The smallest absolute Gasteiger partial charge is 0.251 e. The number of hydrogen-bond donors (Lipinski definition) is 2. The van der Waals surface area contributed by atoms with Gasteiger partial charge in [0.1, 0.15) is 10.7 Å². The molecule has 0 spiro atoms. The number of nitrogens with zero attached hydrogens (tertiary/aromatic N) is 1. The number of nitrogens with one attached hydrogen (secondary N) is 1. The molecule has 10 heteroatoms. The van der Waals surface area contributed by atoms with E-state index in [1.165, 1.54) is 35.9 Å². The predicted octanol–water partition coefficient (Wildman–Crippen LogP) is 7.04. The van der Waals surface area contributed by atoms with Crippen molar-refractivity contribution in [1.29, 1.82) is 0 Å². The van der Waals surface area contributed by atoms with Crippen LogP contribution in [0.15, 0.2) is 89.8 Å². The quantitative estimate of drug-likeness (QED) is 0.223. The zero-order valence-electron chi connectivity index (χ0n) is 21.9. The number of carbonyl (C=O) groups excluding carboxylic acids is 1. The van der Waals surface area contributed by atoms with Crippen molar-refractivity contribution < 1.29 is 22.7 Å². The highest BCUT2D eigenvalue weighted by Crippen LogP contribution is 2.36. The third-order valence-corrected chi connectivity index (χ3v) is 9.44. The van der Waals surface area contributed by atoms with Crippen molar-refractivity contribution in [2.24, 2.45) is 0 Å². The second-order valence-electron chi connectivity index (χ2n) is 9.95. The summed E-state index contributed by atoms with van der Waals surface area (Å²) in [5.41, 5.74) is 3.96. The molecule has 0 saturated carbocycles. The predicted molar refractivity (Wildman–Crippen MR) is 157 cm³/mol. The summed E-state index contributed by atoms with van der Waals surface area (Å²) in [6.45, 7) is -0.212. The van der Waals surface area contributed by atoms with Crippen molar-refractivity contribution in [3.05, 3.63) is 129 Å². The van der Waals surface area contributed by atoms with Crippen molar-refractivity contribution in [2.75, 3.05) is 0 Å². The molecule has 1 aliphatic carbocycles. The average Bonchev–Trinajstić information content (AvgIpc) is 2.96. The number of carbonyl (C=O) groups is 1. The molecule has 1 atom stereocenters. The first-order valence-corrected chi connectivity index (χ1v) is 15.2. The standard InChI is InChI=1S/C31H27Cl2FN2O4S/c32-24-16-27(33)30(37)29(17-24)41(39,40)36(19-21-10-14-25(34)15-11-21)18-20-8-12-23(13-9-20)31(38)35-28-7-3-5-22-4-1-2-6-26(22)28/h1-2,4,6,8-17,28,37H,3,5,7,18-19H2,(H,35,38). The van der Waals surface area contributed by atoms with E-state index in [9.17, 15) is 22.7 Å². The Kier molecular flexibility index (Phi) is 8.66. The Balaban J connectivity index is 1.39. The molecule has 41 heavy (non-hydrogen) atoms. The zero-order valence-corrected chi connectivity index (χ0v) is 24.2. The summed E-state index contributed by atoms with van der Waals surface area (Å²) in [5, 5.41) is 13.4. The van der Waals surface area contributed by atoms with E-state index in [0.717, 1.165) is 35.2 Å². The van der Waals surface area contributed by atoms with E-state index in [-0.39, 0.29) is 35.1 Å². The molecule has 1 aliphatic rings. The van der Waals surface area contributed by atoms with Gasteiger partial charge in [0.05, 0.1) is 11.1 Å². The van der Waals surface area contributed by atoms with E-state index in [0.29, 0.717) is 16.7 Å². The van der Waals surface area contributed by atoms with Crippen molar-refractivity contribution in [3.8, 4) is 5.75 Å². The zero-order chi connectivity index (χ0) is 29.1. The van der Waals surface area contributed by atoms with Crippen LogP contribution in [0.2, 0.25) is 10.0 Å². The molecule has 1 amide bonds. The molecule has 4 aromatic carbocycles. The van der Waals surface area contributed by atoms with Crippen LogP contribution in [0.3, 0.4) is 0 Å². The Morgan fingerprint density at radius 2 is 1.59 bits per heavy atom. The number of sulfonamides is 1. The molecule has 0 fully saturated rings. The summed E-state index contributed by atoms with van der Waals surface area (Å²) in [5.74, 6) is -1.28. The molecular weight excluding hydrogens is 586 g/mol. The Morgan fingerprint density at radius 1 is 0.951 bits per heavy atom. The highest BCUT2D eigenvalue weighted by Gasteiger charge is 2.30. The molecule has 0 radical (unpaired) electrons. The van der Waals surface area contributed by atoms with Crippen LogP contribution in [0, 0.1) is 5.82 Å². The number of aryl methyl sites for hydroxylation is 1. The summed E-state index contributed by atoms with van der Waals surface area (Å²) in [4.78, 5) is 12.6. The third kappa shape index (κ3) is 6.57. The average molecular weight is 614 g/mol. The molecular formula is C31H27Cl2FN2O4S. The normalized spacial score (nSPS) is 15.0. The second-order valence-corrected chi connectivity index (χ2v) is 12.7. The Bertz CT molecular complexity index is 1680. The fourth-order valence-electron chi connectivity index (χ4n) is 5.01. The number of phenols is 1. The van der Waals surface area contributed by atoms with Crippen LogP contribution in [0.25, 0.3) is 0 Å². The molecule has 4 aromatic rings. The molecule has 1 unspecified atom stereocenters. The number of fused-ring (bicyclic) bond motifs is 1. The maximum Gasteiger partial charge on any atom is 0.251 e. The monoisotopic (exact) mass is 612 g/mol. The lowest BCUT2D eigenvalue weighted by atomic mass is 9.87. The number of rotatable bonds is 8. The van der Waals surface area contributed by atoms with Crippen LogP contribution in [-0.4, -0.2) is 23.7 Å². The summed E-state index contributed by atoms with van der Waals surface area (Å²) in [6, 6.07) is 22.5. The van der Waals surface area contributed by atoms with Gasteiger partial charge in [-0.2, -0.15) is 4.31 Å². The number of hydrogen-bond acceptors (Lipinski definition) is 4. The topological polar surface area (TPSA) is 86.7 Å². The molecule has 0 heterocycles. The van der Waals surface area contributed by atoms with Crippen LogP contribution in [0.5, 0.6) is 5.75 Å². The van der Waals surface area contributed by atoms with E-state index >= 15 is 0 Å². The van der Waals surface area contributed by atoms with Crippen LogP contribution < -0.4 is 5.32 Å². The number of aromatic hydroxyl groups is 1. The fourth-order valence-corrected chi connectivity index (χ4v) is 7.17. The highest BCUT2D eigenvalue weighted by atomic mass is 35.5. The van der Waals surface area contributed by atoms with E-state index < -0.39 is 26.5 Å². The summed E-state index contributed by atoms with van der Waals surface area (Å²) in [6.07, 6.45) is 2.85. The van der Waals surface area contributed by atoms with Crippen molar-refractivity contribution >= 4 is 39.1 Å². The minimum absolute atomic E-state index is 0.0454. The lowest BCUT2D eigenvalue weighted by Gasteiger charge is -2.26. The van der Waals surface area contributed by atoms with Gasteiger partial charge in [0, 0.05) is 23.7 Å². The van der Waals surface area contributed by atoms with E-state index in [1.807, 2.05) is 18.2 Å². The number of halogens is 3. The van der Waals surface area contributed by atoms with Gasteiger partial charge in [0.25, 0.3) is 5.91 Å². The SMILES string of the molecule is O=C(NC1CCCc2ccccc21)c1ccc(CN(Cc2ccc(F)cc2)S(=O)(=O)c2cc(Cl)cc(Cl)c2O)cc1. The van der Waals surface area contributed by atoms with Crippen LogP contribution in [-0.2, 0) is 29.5 Å². The van der Waals surface area contributed by atoms with Gasteiger partial charge in [0.2, 0.25) is 10.0 Å². The first kappa shape index (κ1) is 29.1. The minimum Gasteiger partial charge on any atom is -0.505 e. The van der Waals surface area contributed by atoms with Gasteiger partial charge in [0.15, 0.2) is 5.75 Å². The Morgan fingerprint density at radius 3 is 2.27 bits per heavy atom. The summed E-state index contributed by atoms with van der Waals surface area (Å²) in [7, 11) is -4.32. The van der Waals surface area contributed by atoms with Crippen molar-refractivity contribution in [3.63, 3.8) is 0 Å². The summed E-state index contributed by atoms with van der Waals surface area (Å²) < 4.78 is 42.1. The van der Waals surface area contributed by atoms with Crippen molar-refractivity contribution in [1.82, 2.24) is 9.62 Å². The van der Waals surface area contributed by atoms with E-state index in [2.05, 4.69) is 11.4 Å². The number of benzene rings is 4. The second kappa shape index (κ2) is 12.2. The van der Waals surface area contributed by atoms with Gasteiger partial charge in [-0.1, -0.05) is 71.7 Å². The lowest BCUT2D eigenvalue weighted by Crippen LogP contribution is -2.31. The molecule has 0 aliphatic heterocycles. The summed E-state index contributed by atoms with van der Waals surface area (Å²) >= 11 is 12.1. The molecule has 5 rings (SSSR count). The molecule has 0 saturated heterocycles. The Labute approximate surface area is 248 Å². The van der Waals surface area contributed by atoms with Crippen LogP contribution in [0.4, 0.5) is 4.39 Å². The molecule has 0 aromatic heterocycles. The van der Waals surface area contributed by atoms with Gasteiger partial charge in [-0.3, -0.25) is 4.79 Å². The maximum absolute atomic E-state index is 13.7. The van der Waals surface area contributed by atoms with Gasteiger partial charge >= 0.3 is 0 Å². The number of amides is 1. The molecule has 2 N–H and O–H groups in total. The van der Waals surface area contributed by atoms with Gasteiger partial charge in [-0.15, -0.1) is 0 Å². The minimum atomic E-state index is -4.32. The first-order valence-electron chi connectivity index (χ1n) is 13.0. The van der Waals surface area contributed by atoms with E-state index in [4.69, 9.17) is 23.2 Å². The Hall–Kier alpha value is -3.43. The molecule has 212 valence electrons. The maximum atomic E-state index is 13.7. The van der Waals surface area contributed by atoms with Crippen LogP contribution in [0.1, 0.15) is 51.5 Å². The lowest BCUT2D eigenvalue weighted by molar-refractivity contribution is 0.0932.